The Bertz CT molecular complexity index is 508. The first-order valence-corrected chi connectivity index (χ1v) is 6.13. The van der Waals surface area contributed by atoms with Gasteiger partial charge in [0.25, 0.3) is 0 Å². The van der Waals surface area contributed by atoms with Crippen molar-refractivity contribution in [2.24, 2.45) is 5.84 Å². The number of nitrogens with two attached hydrogens (primary N) is 1. The van der Waals surface area contributed by atoms with Crippen LogP contribution in [0.5, 0.6) is 0 Å². The Hall–Kier alpha value is -1.71. The second-order valence-electron chi connectivity index (χ2n) is 4.64. The molecule has 1 aromatic carbocycles. The van der Waals surface area contributed by atoms with Crippen LogP contribution in [0.4, 0.5) is 0 Å². The Kier molecular flexibility index (Phi) is 4.07. The maximum atomic E-state index is 5.71. The zero-order valence-electron chi connectivity index (χ0n) is 10.9. The van der Waals surface area contributed by atoms with Crippen LogP contribution in [0.25, 0.3) is 0 Å². The number of aromatic nitrogens is 1. The predicted octanol–water partition coefficient (Wildman–Crippen LogP) is 2.45. The molecule has 2 aromatic rings. The maximum Gasteiger partial charge on any atom is 0.0503 e. The van der Waals surface area contributed by atoms with Crippen molar-refractivity contribution in [1.29, 1.82) is 0 Å². The van der Waals surface area contributed by atoms with Crippen molar-refractivity contribution in [3.8, 4) is 0 Å². The number of rotatable bonds is 4. The topological polar surface area (TPSA) is 50.9 Å². The van der Waals surface area contributed by atoms with Crippen LogP contribution in [-0.2, 0) is 6.42 Å². The smallest absolute Gasteiger partial charge is 0.0503 e. The first-order valence-electron chi connectivity index (χ1n) is 6.13. The summed E-state index contributed by atoms with van der Waals surface area (Å²) in [6.07, 6.45) is 4.49. The van der Waals surface area contributed by atoms with Crippen LogP contribution in [-0.4, -0.2) is 4.98 Å². The molecule has 1 unspecified atom stereocenters. The molecule has 1 atom stereocenters. The van der Waals surface area contributed by atoms with Crippen molar-refractivity contribution in [2.75, 3.05) is 0 Å². The summed E-state index contributed by atoms with van der Waals surface area (Å²) in [7, 11) is 0. The highest BCUT2D eigenvalue weighted by Crippen LogP contribution is 2.22. The van der Waals surface area contributed by atoms with Crippen LogP contribution in [0.1, 0.15) is 28.3 Å². The highest BCUT2D eigenvalue weighted by molar-refractivity contribution is 5.34. The molecule has 1 aromatic heterocycles. The summed E-state index contributed by atoms with van der Waals surface area (Å²) in [4.78, 5) is 4.03. The summed E-state index contributed by atoms with van der Waals surface area (Å²) < 4.78 is 0. The second-order valence-corrected chi connectivity index (χ2v) is 4.64. The Morgan fingerprint density at radius 2 is 1.89 bits per heavy atom. The summed E-state index contributed by atoms with van der Waals surface area (Å²) in [6, 6.07) is 10.6. The first-order chi connectivity index (χ1) is 8.70. The van der Waals surface area contributed by atoms with E-state index in [1.807, 2.05) is 24.5 Å². The van der Waals surface area contributed by atoms with Crippen LogP contribution < -0.4 is 11.3 Å². The van der Waals surface area contributed by atoms with Gasteiger partial charge in [-0.25, -0.2) is 0 Å². The molecule has 94 valence electrons. The summed E-state index contributed by atoms with van der Waals surface area (Å²) in [5.74, 6) is 5.71. The van der Waals surface area contributed by atoms with Gasteiger partial charge in [-0.15, -0.1) is 0 Å². The predicted molar refractivity (Wildman–Crippen MR) is 73.9 cm³/mol. The minimum Gasteiger partial charge on any atom is -0.271 e. The van der Waals surface area contributed by atoms with Gasteiger partial charge in [0.05, 0.1) is 6.04 Å². The molecule has 3 N–H and O–H groups in total. The van der Waals surface area contributed by atoms with Crippen LogP contribution >= 0.6 is 0 Å². The van der Waals surface area contributed by atoms with Gasteiger partial charge in [-0.3, -0.25) is 16.3 Å². The monoisotopic (exact) mass is 241 g/mol. The highest BCUT2D eigenvalue weighted by atomic mass is 15.2. The number of pyridine rings is 1. The maximum absolute atomic E-state index is 5.71. The molecule has 18 heavy (non-hydrogen) atoms. The number of hydrogen-bond donors (Lipinski definition) is 2. The second kappa shape index (κ2) is 5.76. The van der Waals surface area contributed by atoms with E-state index in [1.54, 1.807) is 0 Å². The van der Waals surface area contributed by atoms with Crippen LogP contribution in [0.3, 0.4) is 0 Å². The molecule has 0 saturated carbocycles. The Morgan fingerprint density at radius 3 is 2.56 bits per heavy atom. The zero-order valence-corrected chi connectivity index (χ0v) is 10.9. The number of nitrogens with zero attached hydrogens (tertiary/aromatic N) is 1. The molecule has 0 aliphatic heterocycles. The molecule has 2 rings (SSSR count). The van der Waals surface area contributed by atoms with Crippen molar-refractivity contribution in [2.45, 2.75) is 26.3 Å². The van der Waals surface area contributed by atoms with Crippen LogP contribution in [0.2, 0.25) is 0 Å². The fourth-order valence-corrected chi connectivity index (χ4v) is 2.15. The molecule has 0 aliphatic carbocycles. The van der Waals surface area contributed by atoms with Gasteiger partial charge in [-0.1, -0.05) is 23.8 Å². The molecule has 0 bridgehead atoms. The molecular formula is C15H19N3. The van der Waals surface area contributed by atoms with Gasteiger partial charge < -0.3 is 0 Å². The third kappa shape index (κ3) is 2.94. The Balaban J connectivity index is 2.26. The lowest BCUT2D eigenvalue weighted by Crippen LogP contribution is -2.30. The van der Waals surface area contributed by atoms with Crippen molar-refractivity contribution >= 4 is 0 Å². The van der Waals surface area contributed by atoms with Gasteiger partial charge in [0.15, 0.2) is 0 Å². The normalized spacial score (nSPS) is 12.4. The average Bonchev–Trinajstić information content (AvgIpc) is 2.40. The van der Waals surface area contributed by atoms with Gasteiger partial charge in [0.2, 0.25) is 0 Å². The highest BCUT2D eigenvalue weighted by Gasteiger charge is 2.13. The van der Waals surface area contributed by atoms with Crippen LogP contribution in [0.15, 0.2) is 42.7 Å². The third-order valence-corrected chi connectivity index (χ3v) is 3.20. The van der Waals surface area contributed by atoms with E-state index in [4.69, 9.17) is 5.84 Å². The lowest BCUT2D eigenvalue weighted by atomic mass is 9.95. The van der Waals surface area contributed by atoms with E-state index in [9.17, 15) is 0 Å². The fourth-order valence-electron chi connectivity index (χ4n) is 2.15. The van der Waals surface area contributed by atoms with Gasteiger partial charge in [0.1, 0.15) is 0 Å². The molecule has 0 saturated heterocycles. The van der Waals surface area contributed by atoms with Gasteiger partial charge >= 0.3 is 0 Å². The van der Waals surface area contributed by atoms with E-state index >= 15 is 0 Å². The van der Waals surface area contributed by atoms with Crippen LogP contribution in [0, 0.1) is 13.8 Å². The lowest BCUT2D eigenvalue weighted by Gasteiger charge is -2.19. The number of benzene rings is 1. The average molecular weight is 241 g/mol. The quantitative estimate of drug-likeness (QED) is 0.638. The third-order valence-electron chi connectivity index (χ3n) is 3.20. The summed E-state index contributed by atoms with van der Waals surface area (Å²) in [6.45, 7) is 4.22. The van der Waals surface area contributed by atoms with E-state index in [0.717, 1.165) is 6.42 Å². The van der Waals surface area contributed by atoms with E-state index in [0.29, 0.717) is 0 Å². The van der Waals surface area contributed by atoms with E-state index in [2.05, 4.69) is 42.5 Å². The Labute approximate surface area is 108 Å². The number of aryl methyl sites for hydroxylation is 2. The van der Waals surface area contributed by atoms with E-state index in [-0.39, 0.29) is 6.04 Å². The molecule has 3 heteroatoms. The van der Waals surface area contributed by atoms with Gasteiger partial charge in [-0.2, -0.15) is 0 Å². The SMILES string of the molecule is Cc1ccc(C)c(C(Cc2ccncc2)NN)c1. The molecule has 0 amide bonds. The molecule has 0 radical (unpaired) electrons. The molecular weight excluding hydrogens is 222 g/mol. The molecule has 0 fully saturated rings. The Morgan fingerprint density at radius 1 is 1.17 bits per heavy atom. The molecule has 0 spiro atoms. The number of hydrazine groups is 1. The van der Waals surface area contributed by atoms with E-state index < -0.39 is 0 Å². The molecule has 1 heterocycles. The van der Waals surface area contributed by atoms with Crippen molar-refractivity contribution in [3.05, 3.63) is 65.0 Å². The molecule has 3 nitrogen and oxygen atoms in total. The van der Waals surface area contributed by atoms with Gasteiger partial charge in [0, 0.05) is 12.4 Å². The van der Waals surface area contributed by atoms with Crippen molar-refractivity contribution in [1.82, 2.24) is 10.4 Å². The number of hydrogen-bond acceptors (Lipinski definition) is 3. The summed E-state index contributed by atoms with van der Waals surface area (Å²) in [5, 5.41) is 0. The first kappa shape index (κ1) is 12.7. The molecule has 0 aliphatic rings. The van der Waals surface area contributed by atoms with Crippen molar-refractivity contribution < 1.29 is 0 Å². The minimum absolute atomic E-state index is 0.132. The summed E-state index contributed by atoms with van der Waals surface area (Å²) in [5.41, 5.74) is 7.92. The fraction of sp³-hybridized carbons (Fsp3) is 0.267. The van der Waals surface area contributed by atoms with Gasteiger partial charge in [-0.05, 0) is 49.1 Å². The standard InChI is InChI=1S/C15H19N3/c1-11-3-4-12(2)14(9-11)15(18-16)10-13-5-7-17-8-6-13/h3-9,15,18H,10,16H2,1-2H3. The largest absolute Gasteiger partial charge is 0.271 e. The minimum atomic E-state index is 0.132. The number of nitrogens with one attached hydrogen (secondary N) is 1. The van der Waals surface area contributed by atoms with Crippen molar-refractivity contribution in [3.63, 3.8) is 0 Å². The summed E-state index contributed by atoms with van der Waals surface area (Å²) >= 11 is 0. The zero-order chi connectivity index (χ0) is 13.0. The lowest BCUT2D eigenvalue weighted by molar-refractivity contribution is 0.549. The van der Waals surface area contributed by atoms with E-state index in [1.165, 1.54) is 22.3 Å².